The molecule has 1 heterocycles. The molecule has 0 saturated heterocycles. The van der Waals surface area contributed by atoms with Gasteiger partial charge in [0.05, 0.1) is 12.1 Å². The first-order valence-electron chi connectivity index (χ1n) is 7.81. The van der Waals surface area contributed by atoms with Crippen LogP contribution in [0, 0.1) is 19.8 Å². The standard InChI is InChI=1S/C15H26F3N5/c1-5-19-14(20-7-6-15(16,17)18)21-9-11(2)10-23-13(4)8-12(3)22-23/h8,11H,5-7,9-10H2,1-4H3,(H2,19,20,21). The minimum Gasteiger partial charge on any atom is -0.357 e. The van der Waals surface area contributed by atoms with Crippen molar-refractivity contribution >= 4 is 5.96 Å². The second kappa shape index (κ2) is 8.79. The van der Waals surface area contributed by atoms with Gasteiger partial charge in [-0.3, -0.25) is 9.67 Å². The van der Waals surface area contributed by atoms with Gasteiger partial charge in [0.2, 0.25) is 0 Å². The number of nitrogens with one attached hydrogen (secondary N) is 2. The summed E-state index contributed by atoms with van der Waals surface area (Å²) in [7, 11) is 0. The average Bonchev–Trinajstić information content (AvgIpc) is 2.72. The lowest BCUT2D eigenvalue weighted by Crippen LogP contribution is -2.39. The molecule has 132 valence electrons. The molecule has 0 bridgehead atoms. The topological polar surface area (TPSA) is 54.2 Å². The van der Waals surface area contributed by atoms with Crippen LogP contribution in [0.1, 0.15) is 31.7 Å². The van der Waals surface area contributed by atoms with Gasteiger partial charge >= 0.3 is 6.18 Å². The van der Waals surface area contributed by atoms with Gasteiger partial charge in [-0.05, 0) is 32.8 Å². The van der Waals surface area contributed by atoms with E-state index in [0.717, 1.165) is 17.9 Å². The van der Waals surface area contributed by atoms with Crippen LogP contribution in [-0.2, 0) is 6.54 Å². The molecule has 2 N–H and O–H groups in total. The van der Waals surface area contributed by atoms with Crippen LogP contribution in [0.5, 0.6) is 0 Å². The zero-order valence-electron chi connectivity index (χ0n) is 14.2. The maximum Gasteiger partial charge on any atom is 0.390 e. The second-order valence-electron chi connectivity index (χ2n) is 5.73. The lowest BCUT2D eigenvalue weighted by molar-refractivity contribution is -0.132. The number of guanidine groups is 1. The van der Waals surface area contributed by atoms with Crippen LogP contribution >= 0.6 is 0 Å². The summed E-state index contributed by atoms with van der Waals surface area (Å²) in [6, 6.07) is 2.01. The molecule has 0 aliphatic rings. The molecule has 0 radical (unpaired) electrons. The van der Waals surface area contributed by atoms with E-state index in [-0.39, 0.29) is 12.5 Å². The number of alkyl halides is 3. The summed E-state index contributed by atoms with van der Waals surface area (Å²) in [5.74, 6) is 0.642. The SMILES string of the molecule is CCNC(=NCC(C)Cn1nc(C)cc1C)NCCC(F)(F)F. The van der Waals surface area contributed by atoms with E-state index in [4.69, 9.17) is 0 Å². The first-order valence-corrected chi connectivity index (χ1v) is 7.81. The lowest BCUT2D eigenvalue weighted by atomic mass is 10.2. The molecule has 0 aliphatic carbocycles. The third kappa shape index (κ3) is 7.90. The Balaban J connectivity index is 2.50. The molecular formula is C15H26F3N5. The predicted octanol–water partition coefficient (Wildman–Crippen LogP) is 2.64. The van der Waals surface area contributed by atoms with Gasteiger partial charge in [-0.2, -0.15) is 18.3 Å². The van der Waals surface area contributed by atoms with E-state index in [1.807, 2.05) is 38.4 Å². The summed E-state index contributed by atoms with van der Waals surface area (Å²) >= 11 is 0. The van der Waals surface area contributed by atoms with E-state index in [2.05, 4.69) is 20.7 Å². The van der Waals surface area contributed by atoms with Gasteiger partial charge in [0.15, 0.2) is 5.96 Å². The quantitative estimate of drug-likeness (QED) is 0.596. The van der Waals surface area contributed by atoms with E-state index in [1.165, 1.54) is 0 Å². The van der Waals surface area contributed by atoms with Crippen molar-refractivity contribution < 1.29 is 13.2 Å². The summed E-state index contributed by atoms with van der Waals surface area (Å²) in [5, 5.41) is 10.1. The first-order chi connectivity index (χ1) is 10.7. The van der Waals surface area contributed by atoms with E-state index >= 15 is 0 Å². The number of aliphatic imine (C=N–C) groups is 1. The number of nitrogens with zero attached hydrogens (tertiary/aromatic N) is 3. The highest BCUT2D eigenvalue weighted by Crippen LogP contribution is 2.18. The highest BCUT2D eigenvalue weighted by molar-refractivity contribution is 5.79. The molecule has 8 heteroatoms. The molecule has 1 atom stereocenters. The van der Waals surface area contributed by atoms with E-state index < -0.39 is 12.6 Å². The van der Waals surface area contributed by atoms with Crippen LogP contribution in [0.15, 0.2) is 11.1 Å². The number of hydrogen-bond donors (Lipinski definition) is 2. The molecule has 0 saturated carbocycles. The maximum absolute atomic E-state index is 12.2. The van der Waals surface area contributed by atoms with Crippen LogP contribution < -0.4 is 10.6 Å². The van der Waals surface area contributed by atoms with Crippen LogP contribution in [0.25, 0.3) is 0 Å². The van der Waals surface area contributed by atoms with E-state index in [1.54, 1.807) is 0 Å². The molecular weight excluding hydrogens is 307 g/mol. The van der Waals surface area contributed by atoms with Gasteiger partial charge in [0, 0.05) is 31.9 Å². The zero-order chi connectivity index (χ0) is 17.5. The molecule has 5 nitrogen and oxygen atoms in total. The maximum atomic E-state index is 12.2. The van der Waals surface area contributed by atoms with Gasteiger partial charge in [-0.15, -0.1) is 0 Å². The van der Waals surface area contributed by atoms with Crippen molar-refractivity contribution in [2.24, 2.45) is 10.9 Å². The Morgan fingerprint density at radius 1 is 1.35 bits per heavy atom. The van der Waals surface area contributed by atoms with Crippen LogP contribution in [-0.4, -0.2) is 41.6 Å². The summed E-state index contributed by atoms with van der Waals surface area (Å²) in [6.07, 6.45) is -5.04. The Kier molecular flexibility index (Phi) is 7.38. The molecule has 0 aliphatic heterocycles. The number of aryl methyl sites for hydroxylation is 2. The van der Waals surface area contributed by atoms with Crippen molar-refractivity contribution in [2.75, 3.05) is 19.6 Å². The minimum atomic E-state index is -4.16. The molecule has 1 unspecified atom stereocenters. The monoisotopic (exact) mass is 333 g/mol. The van der Waals surface area contributed by atoms with Crippen molar-refractivity contribution in [3.63, 3.8) is 0 Å². The van der Waals surface area contributed by atoms with Gasteiger partial charge in [-0.25, -0.2) is 0 Å². The van der Waals surface area contributed by atoms with E-state index in [0.29, 0.717) is 19.0 Å². The number of aromatic nitrogens is 2. The predicted molar refractivity (Wildman–Crippen MR) is 85.5 cm³/mol. The molecule has 0 aromatic carbocycles. The van der Waals surface area contributed by atoms with Crippen molar-refractivity contribution in [3.8, 4) is 0 Å². The second-order valence-corrected chi connectivity index (χ2v) is 5.73. The average molecular weight is 333 g/mol. The van der Waals surface area contributed by atoms with Crippen LogP contribution in [0.3, 0.4) is 0 Å². The highest BCUT2D eigenvalue weighted by atomic mass is 19.4. The fourth-order valence-electron chi connectivity index (χ4n) is 2.12. The van der Waals surface area contributed by atoms with Gasteiger partial charge in [0.1, 0.15) is 0 Å². The molecule has 23 heavy (non-hydrogen) atoms. The molecule has 0 fully saturated rings. The number of hydrogen-bond acceptors (Lipinski definition) is 2. The Bertz CT molecular complexity index is 508. The Morgan fingerprint density at radius 2 is 2.04 bits per heavy atom. The third-order valence-corrected chi connectivity index (χ3v) is 3.19. The molecule has 1 aromatic heterocycles. The van der Waals surface area contributed by atoms with Gasteiger partial charge in [-0.1, -0.05) is 6.92 Å². The Hall–Kier alpha value is -1.73. The highest BCUT2D eigenvalue weighted by Gasteiger charge is 2.26. The van der Waals surface area contributed by atoms with Crippen LogP contribution in [0.4, 0.5) is 13.2 Å². The molecule has 0 spiro atoms. The Labute approximate surface area is 135 Å². The summed E-state index contributed by atoms with van der Waals surface area (Å²) in [4.78, 5) is 4.35. The smallest absolute Gasteiger partial charge is 0.357 e. The molecule has 1 aromatic rings. The number of rotatable bonds is 7. The van der Waals surface area contributed by atoms with Gasteiger partial charge < -0.3 is 10.6 Å². The normalized spacial score (nSPS) is 14.0. The zero-order valence-corrected chi connectivity index (χ0v) is 14.2. The summed E-state index contributed by atoms with van der Waals surface area (Å²) in [6.45, 7) is 9.52. The minimum absolute atomic E-state index is 0.179. The van der Waals surface area contributed by atoms with Crippen molar-refractivity contribution in [1.29, 1.82) is 0 Å². The third-order valence-electron chi connectivity index (χ3n) is 3.19. The van der Waals surface area contributed by atoms with E-state index in [9.17, 15) is 13.2 Å². The van der Waals surface area contributed by atoms with Gasteiger partial charge in [0.25, 0.3) is 0 Å². The fourth-order valence-corrected chi connectivity index (χ4v) is 2.12. The molecule has 0 amide bonds. The fraction of sp³-hybridized carbons (Fsp3) is 0.733. The number of halogens is 3. The summed E-state index contributed by atoms with van der Waals surface area (Å²) < 4.78 is 38.5. The first kappa shape index (κ1) is 19.3. The van der Waals surface area contributed by atoms with Crippen molar-refractivity contribution in [3.05, 3.63) is 17.5 Å². The lowest BCUT2D eigenvalue weighted by Gasteiger charge is -2.15. The van der Waals surface area contributed by atoms with Crippen LogP contribution in [0.2, 0.25) is 0 Å². The largest absolute Gasteiger partial charge is 0.390 e. The van der Waals surface area contributed by atoms with Crippen molar-refractivity contribution in [1.82, 2.24) is 20.4 Å². The Morgan fingerprint density at radius 3 is 2.57 bits per heavy atom. The molecule has 1 rings (SSSR count). The van der Waals surface area contributed by atoms with Crippen molar-refractivity contribution in [2.45, 2.75) is 46.8 Å². The summed E-state index contributed by atoms with van der Waals surface area (Å²) in [5.41, 5.74) is 2.06.